The Morgan fingerprint density at radius 2 is 1.77 bits per heavy atom. The van der Waals surface area contributed by atoms with Crippen LogP contribution in [0.3, 0.4) is 0 Å². The summed E-state index contributed by atoms with van der Waals surface area (Å²) in [5.74, 6) is 0.0831. The molecule has 2 aromatic carbocycles. The van der Waals surface area contributed by atoms with E-state index in [2.05, 4.69) is 28.0 Å². The number of nitrogens with zero attached hydrogens (tertiary/aromatic N) is 1. The molecule has 0 unspecified atom stereocenters. The molecule has 0 radical (unpaired) electrons. The van der Waals surface area contributed by atoms with Crippen molar-refractivity contribution in [1.82, 2.24) is 10.4 Å². The van der Waals surface area contributed by atoms with Gasteiger partial charge in [-0.3, -0.25) is 20.6 Å². The van der Waals surface area contributed by atoms with E-state index in [1.807, 2.05) is 48.5 Å². The molecule has 1 amide bonds. The summed E-state index contributed by atoms with van der Waals surface area (Å²) in [6.07, 6.45) is 6.66. The van der Waals surface area contributed by atoms with E-state index in [1.165, 1.54) is 5.56 Å². The molecule has 132 valence electrons. The zero-order valence-corrected chi connectivity index (χ0v) is 14.7. The van der Waals surface area contributed by atoms with Crippen LogP contribution in [0.4, 0.5) is 5.69 Å². The minimum atomic E-state index is -0.322. The second-order valence-corrected chi connectivity index (χ2v) is 7.10. The third kappa shape index (κ3) is 3.27. The number of rotatable bonds is 5. The van der Waals surface area contributed by atoms with Crippen molar-refractivity contribution in [3.63, 3.8) is 0 Å². The molecule has 0 atom stereocenters. The van der Waals surface area contributed by atoms with Crippen LogP contribution in [0.15, 0.2) is 66.9 Å². The molecule has 1 aliphatic rings. The first-order valence-corrected chi connectivity index (χ1v) is 9.21. The molecular weight excluding hydrogens is 322 g/mol. The van der Waals surface area contributed by atoms with E-state index in [0.717, 1.165) is 48.7 Å². The molecule has 3 aromatic rings. The minimum absolute atomic E-state index is 0.0831. The summed E-state index contributed by atoms with van der Waals surface area (Å²) >= 11 is 0. The minimum Gasteiger partial charge on any atom is -0.298 e. The number of carbonyl (C=O) groups excluding carboxylic acids is 1. The topological polar surface area (TPSA) is 54.0 Å². The van der Waals surface area contributed by atoms with Crippen LogP contribution in [0.5, 0.6) is 0 Å². The predicted molar refractivity (Wildman–Crippen MR) is 105 cm³/mol. The van der Waals surface area contributed by atoms with E-state index in [9.17, 15) is 4.79 Å². The Morgan fingerprint density at radius 1 is 0.962 bits per heavy atom. The highest BCUT2D eigenvalue weighted by atomic mass is 16.2. The zero-order valence-electron chi connectivity index (χ0n) is 14.7. The summed E-state index contributed by atoms with van der Waals surface area (Å²) in [4.78, 5) is 17.5. The predicted octanol–water partition coefficient (Wildman–Crippen LogP) is 4.48. The monoisotopic (exact) mass is 345 g/mol. The van der Waals surface area contributed by atoms with Gasteiger partial charge in [0.15, 0.2) is 0 Å². The third-order valence-electron chi connectivity index (χ3n) is 5.38. The van der Waals surface area contributed by atoms with E-state index in [1.54, 1.807) is 6.20 Å². The van der Waals surface area contributed by atoms with Gasteiger partial charge in [0.25, 0.3) is 0 Å². The maximum absolute atomic E-state index is 13.1. The van der Waals surface area contributed by atoms with E-state index in [-0.39, 0.29) is 11.3 Å². The number of aromatic nitrogens is 1. The lowest BCUT2D eigenvalue weighted by Gasteiger charge is -2.28. The third-order valence-corrected chi connectivity index (χ3v) is 5.38. The largest absolute Gasteiger partial charge is 0.298 e. The maximum atomic E-state index is 13.1. The van der Waals surface area contributed by atoms with Crippen molar-refractivity contribution in [3.8, 4) is 0 Å². The van der Waals surface area contributed by atoms with Crippen LogP contribution in [0, 0.1) is 5.41 Å². The summed E-state index contributed by atoms with van der Waals surface area (Å²) in [5, 5.41) is 0.999. The first-order valence-electron chi connectivity index (χ1n) is 9.21. The highest BCUT2D eigenvalue weighted by Crippen LogP contribution is 2.41. The highest BCUT2D eigenvalue weighted by Gasteiger charge is 2.41. The maximum Gasteiger partial charge on any atom is 0.244 e. The molecule has 0 spiro atoms. The number of hydrazine groups is 1. The molecule has 0 saturated heterocycles. The molecule has 4 rings (SSSR count). The van der Waals surface area contributed by atoms with Gasteiger partial charge >= 0.3 is 0 Å². The SMILES string of the molecule is O=C(NNc1cccc2ncccc12)C1(Cc2ccccc2)CCCC1. The van der Waals surface area contributed by atoms with Crippen molar-refractivity contribution in [2.45, 2.75) is 32.1 Å². The molecule has 26 heavy (non-hydrogen) atoms. The summed E-state index contributed by atoms with van der Waals surface area (Å²) in [7, 11) is 0. The summed E-state index contributed by atoms with van der Waals surface area (Å²) in [6, 6.07) is 20.1. The Labute approximate surface area is 153 Å². The van der Waals surface area contributed by atoms with Gasteiger partial charge in [0.1, 0.15) is 0 Å². The fourth-order valence-corrected chi connectivity index (χ4v) is 3.99. The average molecular weight is 345 g/mol. The molecule has 1 fully saturated rings. The Bertz CT molecular complexity index is 896. The lowest BCUT2D eigenvalue weighted by molar-refractivity contribution is -0.130. The van der Waals surface area contributed by atoms with Crippen LogP contribution in [0.25, 0.3) is 10.9 Å². The van der Waals surface area contributed by atoms with Crippen molar-refractivity contribution in [2.75, 3.05) is 5.43 Å². The number of pyridine rings is 1. The number of hydrogen-bond donors (Lipinski definition) is 2. The number of fused-ring (bicyclic) bond motifs is 1. The Balaban J connectivity index is 1.52. The summed E-state index contributed by atoms with van der Waals surface area (Å²) in [6.45, 7) is 0. The number of amides is 1. The molecule has 1 saturated carbocycles. The highest BCUT2D eigenvalue weighted by molar-refractivity contribution is 5.92. The van der Waals surface area contributed by atoms with Crippen LogP contribution in [0.2, 0.25) is 0 Å². The summed E-state index contributed by atoms with van der Waals surface area (Å²) in [5.41, 5.74) is 8.79. The van der Waals surface area contributed by atoms with Gasteiger partial charge in [0.2, 0.25) is 5.91 Å². The Hall–Kier alpha value is -2.88. The van der Waals surface area contributed by atoms with Crippen LogP contribution in [-0.4, -0.2) is 10.9 Å². The van der Waals surface area contributed by atoms with E-state index >= 15 is 0 Å². The lowest BCUT2D eigenvalue weighted by Crippen LogP contribution is -2.43. The van der Waals surface area contributed by atoms with E-state index in [4.69, 9.17) is 0 Å². The van der Waals surface area contributed by atoms with Crippen molar-refractivity contribution in [3.05, 3.63) is 72.4 Å². The molecule has 1 aliphatic carbocycles. The van der Waals surface area contributed by atoms with Crippen LogP contribution in [0.1, 0.15) is 31.2 Å². The van der Waals surface area contributed by atoms with Crippen molar-refractivity contribution >= 4 is 22.5 Å². The molecule has 1 aromatic heterocycles. The van der Waals surface area contributed by atoms with Crippen LogP contribution >= 0.6 is 0 Å². The smallest absolute Gasteiger partial charge is 0.244 e. The standard InChI is InChI=1S/C22H23N3O/c26-21(22(13-4-5-14-22)16-17-8-2-1-3-9-17)25-24-20-12-6-11-19-18(20)10-7-15-23-19/h1-3,6-12,15,24H,4-5,13-14,16H2,(H,25,26). The Kier molecular flexibility index (Phi) is 4.57. The first kappa shape index (κ1) is 16.6. The molecule has 4 heteroatoms. The number of anilines is 1. The van der Waals surface area contributed by atoms with E-state index in [0.29, 0.717) is 0 Å². The molecule has 2 N–H and O–H groups in total. The molecular formula is C22H23N3O. The fourth-order valence-electron chi connectivity index (χ4n) is 3.99. The van der Waals surface area contributed by atoms with Gasteiger partial charge in [0.05, 0.1) is 16.6 Å². The normalized spacial score (nSPS) is 15.7. The van der Waals surface area contributed by atoms with E-state index < -0.39 is 0 Å². The second-order valence-electron chi connectivity index (χ2n) is 7.10. The van der Waals surface area contributed by atoms with Gasteiger partial charge in [-0.15, -0.1) is 0 Å². The van der Waals surface area contributed by atoms with Crippen molar-refractivity contribution in [2.24, 2.45) is 5.41 Å². The number of nitrogens with one attached hydrogen (secondary N) is 2. The second kappa shape index (κ2) is 7.16. The number of carbonyl (C=O) groups is 1. The quantitative estimate of drug-likeness (QED) is 0.670. The number of hydrogen-bond acceptors (Lipinski definition) is 3. The molecule has 0 aliphatic heterocycles. The number of benzene rings is 2. The Morgan fingerprint density at radius 3 is 2.58 bits per heavy atom. The zero-order chi connectivity index (χ0) is 17.8. The van der Waals surface area contributed by atoms with Gasteiger partial charge in [0, 0.05) is 11.6 Å². The van der Waals surface area contributed by atoms with Gasteiger partial charge in [-0.25, -0.2) is 0 Å². The first-order chi connectivity index (χ1) is 12.8. The molecule has 4 nitrogen and oxygen atoms in total. The lowest BCUT2D eigenvalue weighted by atomic mass is 9.79. The van der Waals surface area contributed by atoms with Crippen molar-refractivity contribution < 1.29 is 4.79 Å². The van der Waals surface area contributed by atoms with Crippen molar-refractivity contribution in [1.29, 1.82) is 0 Å². The van der Waals surface area contributed by atoms with Crippen LogP contribution in [-0.2, 0) is 11.2 Å². The van der Waals surface area contributed by atoms with Crippen LogP contribution < -0.4 is 10.9 Å². The van der Waals surface area contributed by atoms with Gasteiger partial charge in [-0.1, -0.05) is 49.2 Å². The van der Waals surface area contributed by atoms with Gasteiger partial charge < -0.3 is 0 Å². The molecule has 0 bridgehead atoms. The fraction of sp³-hybridized carbons (Fsp3) is 0.273. The molecule has 1 heterocycles. The van der Waals surface area contributed by atoms with Gasteiger partial charge in [-0.2, -0.15) is 0 Å². The van der Waals surface area contributed by atoms with Gasteiger partial charge in [-0.05, 0) is 49.1 Å². The summed E-state index contributed by atoms with van der Waals surface area (Å²) < 4.78 is 0. The average Bonchev–Trinajstić information content (AvgIpc) is 3.16.